The van der Waals surface area contributed by atoms with Crippen LogP contribution >= 0.6 is 11.3 Å². The molecule has 8 heteroatoms. The Morgan fingerprint density at radius 2 is 2.15 bits per heavy atom. The van der Waals surface area contributed by atoms with Crippen LogP contribution in [0.3, 0.4) is 0 Å². The number of carboxylic acid groups (broad SMARTS) is 1. The lowest BCUT2D eigenvalue weighted by atomic mass is 10.1. The molecule has 1 heterocycles. The molecule has 0 bridgehead atoms. The summed E-state index contributed by atoms with van der Waals surface area (Å²) in [6, 6.07) is -1.12. The predicted octanol–water partition coefficient (Wildman–Crippen LogP) is 0.944. The highest BCUT2D eigenvalue weighted by molar-refractivity contribution is 7.13. The Kier molecular flexibility index (Phi) is 5.46. The summed E-state index contributed by atoms with van der Waals surface area (Å²) >= 11 is 1.26. The Morgan fingerprint density at radius 1 is 1.50 bits per heavy atom. The molecule has 5 N–H and O–H groups in total. The van der Waals surface area contributed by atoms with Crippen molar-refractivity contribution in [2.24, 2.45) is 5.73 Å². The summed E-state index contributed by atoms with van der Waals surface area (Å²) < 4.78 is 0. The van der Waals surface area contributed by atoms with Gasteiger partial charge in [-0.15, -0.1) is 11.3 Å². The second-order valence-electron chi connectivity index (χ2n) is 5.37. The van der Waals surface area contributed by atoms with Crippen molar-refractivity contribution in [3.05, 3.63) is 11.1 Å². The molecule has 0 fully saturated rings. The molecule has 0 saturated carbocycles. The van der Waals surface area contributed by atoms with Gasteiger partial charge in [0.25, 0.3) is 0 Å². The van der Waals surface area contributed by atoms with Gasteiger partial charge in [0.15, 0.2) is 5.13 Å². The van der Waals surface area contributed by atoms with E-state index in [1.54, 1.807) is 5.38 Å². The number of amides is 1. The van der Waals surface area contributed by atoms with E-state index in [1.165, 1.54) is 11.3 Å². The minimum absolute atomic E-state index is 0.0518. The molecule has 0 aliphatic heterocycles. The molecule has 20 heavy (non-hydrogen) atoms. The molecule has 1 unspecified atom stereocenters. The van der Waals surface area contributed by atoms with Crippen molar-refractivity contribution in [1.29, 1.82) is 0 Å². The molecule has 0 spiro atoms. The van der Waals surface area contributed by atoms with Crippen LogP contribution in [0.1, 0.15) is 38.9 Å². The van der Waals surface area contributed by atoms with Gasteiger partial charge >= 0.3 is 5.97 Å². The molecular formula is C12H20N4O3S. The Hall–Kier alpha value is -1.67. The highest BCUT2D eigenvalue weighted by Crippen LogP contribution is 2.19. The zero-order valence-electron chi connectivity index (χ0n) is 11.8. The molecule has 1 atom stereocenters. The number of hydrogen-bond acceptors (Lipinski definition) is 6. The first-order chi connectivity index (χ1) is 9.19. The van der Waals surface area contributed by atoms with E-state index in [0.717, 1.165) is 0 Å². The van der Waals surface area contributed by atoms with Gasteiger partial charge in [0.2, 0.25) is 5.91 Å². The largest absolute Gasteiger partial charge is 0.480 e. The lowest BCUT2D eigenvalue weighted by Crippen LogP contribution is -2.41. The first-order valence-electron chi connectivity index (χ1n) is 6.18. The number of nitrogens with two attached hydrogens (primary N) is 1. The third-order valence-electron chi connectivity index (χ3n) is 2.25. The first-order valence-corrected chi connectivity index (χ1v) is 7.06. The second-order valence-corrected chi connectivity index (χ2v) is 6.23. The van der Waals surface area contributed by atoms with Gasteiger partial charge in [-0.2, -0.15) is 0 Å². The molecule has 112 valence electrons. The van der Waals surface area contributed by atoms with Crippen LogP contribution in [0.25, 0.3) is 0 Å². The Bertz CT molecular complexity index is 481. The monoisotopic (exact) mass is 300 g/mol. The van der Waals surface area contributed by atoms with E-state index in [9.17, 15) is 9.59 Å². The molecule has 7 nitrogen and oxygen atoms in total. The summed E-state index contributed by atoms with van der Waals surface area (Å²) in [4.78, 5) is 26.4. The van der Waals surface area contributed by atoms with Gasteiger partial charge < -0.3 is 21.5 Å². The van der Waals surface area contributed by atoms with E-state index < -0.39 is 12.0 Å². The zero-order chi connectivity index (χ0) is 15.3. The van der Waals surface area contributed by atoms with Gasteiger partial charge in [0, 0.05) is 23.9 Å². The first kappa shape index (κ1) is 16.4. The van der Waals surface area contributed by atoms with Crippen LogP contribution in [0.5, 0.6) is 0 Å². The summed E-state index contributed by atoms with van der Waals surface area (Å²) in [5.74, 6) is -1.17. The molecular weight excluding hydrogens is 280 g/mol. The summed E-state index contributed by atoms with van der Waals surface area (Å²) in [5.41, 5.74) is 5.51. The summed E-state index contributed by atoms with van der Waals surface area (Å²) in [6.07, 6.45) is 0.317. The topological polar surface area (TPSA) is 117 Å². The Balaban J connectivity index is 2.40. The molecule has 1 aromatic heterocycles. The van der Waals surface area contributed by atoms with Crippen LogP contribution < -0.4 is 16.4 Å². The van der Waals surface area contributed by atoms with Crippen LogP contribution in [0.4, 0.5) is 5.13 Å². The average molecular weight is 300 g/mol. The van der Waals surface area contributed by atoms with Crippen molar-refractivity contribution in [3.63, 3.8) is 0 Å². The number of nitrogens with one attached hydrogen (secondary N) is 2. The predicted molar refractivity (Wildman–Crippen MR) is 77.7 cm³/mol. The van der Waals surface area contributed by atoms with Gasteiger partial charge in [-0.3, -0.25) is 9.59 Å². The van der Waals surface area contributed by atoms with Gasteiger partial charge in [-0.05, 0) is 20.8 Å². The van der Waals surface area contributed by atoms with E-state index in [-0.39, 0.29) is 11.4 Å². The fourth-order valence-electron chi connectivity index (χ4n) is 1.40. The summed E-state index contributed by atoms with van der Waals surface area (Å²) in [7, 11) is 0. The third-order valence-corrected chi connectivity index (χ3v) is 3.07. The SMILES string of the molecule is CC(C)(C)NC(=O)CCNc1nc(C(N)C(=O)O)cs1. The van der Waals surface area contributed by atoms with E-state index in [1.807, 2.05) is 20.8 Å². The highest BCUT2D eigenvalue weighted by Gasteiger charge is 2.18. The second kappa shape index (κ2) is 6.67. The third kappa shape index (κ3) is 5.54. The lowest BCUT2D eigenvalue weighted by molar-refractivity contribution is -0.138. The Labute approximate surface area is 121 Å². The molecule has 1 aromatic rings. The minimum atomic E-state index is -1.12. The average Bonchev–Trinajstić information content (AvgIpc) is 2.74. The number of aromatic nitrogens is 1. The van der Waals surface area contributed by atoms with E-state index in [0.29, 0.717) is 23.8 Å². The quantitative estimate of drug-likeness (QED) is 0.621. The maximum absolute atomic E-state index is 11.6. The molecule has 0 radical (unpaired) electrons. The normalized spacial score (nSPS) is 12.8. The highest BCUT2D eigenvalue weighted by atomic mass is 32.1. The molecule has 1 amide bonds. The number of thiazole rings is 1. The number of rotatable bonds is 6. The molecule has 0 aromatic carbocycles. The number of hydrogen-bond donors (Lipinski definition) is 4. The standard InChI is InChI=1S/C12H20N4O3S/c1-12(2,3)16-8(17)4-5-14-11-15-7(6-20-11)9(13)10(18)19/h6,9H,4-5,13H2,1-3H3,(H,14,15)(H,16,17)(H,18,19). The van der Waals surface area contributed by atoms with Crippen molar-refractivity contribution in [2.45, 2.75) is 38.8 Å². The summed E-state index contributed by atoms with van der Waals surface area (Å²) in [5, 5.41) is 16.7. The Morgan fingerprint density at radius 3 is 2.70 bits per heavy atom. The van der Waals surface area contributed by atoms with Crippen molar-refractivity contribution < 1.29 is 14.7 Å². The fourth-order valence-corrected chi connectivity index (χ4v) is 2.18. The number of carboxylic acids is 1. The maximum Gasteiger partial charge on any atom is 0.326 e. The number of nitrogens with zero attached hydrogens (tertiary/aromatic N) is 1. The van der Waals surface area contributed by atoms with Crippen molar-refractivity contribution in [1.82, 2.24) is 10.3 Å². The van der Waals surface area contributed by atoms with E-state index in [2.05, 4.69) is 15.6 Å². The van der Waals surface area contributed by atoms with Crippen molar-refractivity contribution in [2.75, 3.05) is 11.9 Å². The minimum Gasteiger partial charge on any atom is -0.480 e. The van der Waals surface area contributed by atoms with Crippen LogP contribution in [-0.4, -0.2) is 34.1 Å². The van der Waals surface area contributed by atoms with Crippen LogP contribution in [-0.2, 0) is 9.59 Å². The maximum atomic E-state index is 11.6. The van der Waals surface area contributed by atoms with Gasteiger partial charge in [-0.25, -0.2) is 4.98 Å². The van der Waals surface area contributed by atoms with Gasteiger partial charge in [0.05, 0.1) is 5.69 Å². The smallest absolute Gasteiger partial charge is 0.326 e. The summed E-state index contributed by atoms with van der Waals surface area (Å²) in [6.45, 7) is 6.17. The number of aliphatic carboxylic acids is 1. The van der Waals surface area contributed by atoms with Gasteiger partial charge in [-0.1, -0.05) is 0 Å². The molecule has 0 aliphatic rings. The van der Waals surface area contributed by atoms with Crippen molar-refractivity contribution >= 4 is 28.3 Å². The molecule has 1 rings (SSSR count). The number of carbonyl (C=O) groups is 2. The number of anilines is 1. The van der Waals surface area contributed by atoms with E-state index >= 15 is 0 Å². The van der Waals surface area contributed by atoms with Crippen LogP contribution in [0, 0.1) is 0 Å². The number of carbonyl (C=O) groups excluding carboxylic acids is 1. The fraction of sp³-hybridized carbons (Fsp3) is 0.583. The van der Waals surface area contributed by atoms with E-state index in [4.69, 9.17) is 10.8 Å². The zero-order valence-corrected chi connectivity index (χ0v) is 12.6. The van der Waals surface area contributed by atoms with Crippen LogP contribution in [0.15, 0.2) is 5.38 Å². The molecule has 0 saturated heterocycles. The van der Waals surface area contributed by atoms with Gasteiger partial charge in [0.1, 0.15) is 6.04 Å². The molecule has 0 aliphatic carbocycles. The lowest BCUT2D eigenvalue weighted by Gasteiger charge is -2.20. The van der Waals surface area contributed by atoms with Crippen molar-refractivity contribution in [3.8, 4) is 0 Å². The van der Waals surface area contributed by atoms with Crippen LogP contribution in [0.2, 0.25) is 0 Å².